The molecule has 0 aromatic heterocycles. The topological polar surface area (TPSA) is 92.5 Å². The van der Waals surface area contributed by atoms with Crippen molar-refractivity contribution in [1.82, 2.24) is 4.72 Å². The van der Waals surface area contributed by atoms with Gasteiger partial charge >= 0.3 is 0 Å². The summed E-state index contributed by atoms with van der Waals surface area (Å²) >= 11 is 0. The van der Waals surface area contributed by atoms with Crippen LogP contribution in [0.4, 0.5) is 5.69 Å². The van der Waals surface area contributed by atoms with Crippen LogP contribution < -0.4 is 15.4 Å². The molecule has 0 radical (unpaired) electrons. The number of nitrogens with two attached hydrogens (primary N) is 1. The predicted molar refractivity (Wildman–Crippen MR) is 109 cm³/mol. The molecule has 2 aromatic carbocycles. The first-order valence-electron chi connectivity index (χ1n) is 9.00. The zero-order valence-corrected chi connectivity index (χ0v) is 16.8. The van der Waals surface area contributed by atoms with Crippen LogP contribution in [0.1, 0.15) is 36.0 Å². The third-order valence-electron chi connectivity index (χ3n) is 5.69. The van der Waals surface area contributed by atoms with Crippen molar-refractivity contribution < 1.29 is 13.2 Å². The van der Waals surface area contributed by atoms with Gasteiger partial charge in [0, 0.05) is 36.0 Å². The molecule has 1 amide bonds. The number of hydrogen-bond donors (Lipinski definition) is 2. The average Bonchev–Trinajstić information content (AvgIpc) is 3.25. The molecule has 1 heterocycles. The fourth-order valence-corrected chi connectivity index (χ4v) is 5.82. The molecule has 0 spiro atoms. The molecule has 1 atom stereocenters. The Kier molecular flexibility index (Phi) is 5.49. The molecule has 1 aliphatic carbocycles. The van der Waals surface area contributed by atoms with Crippen molar-refractivity contribution in [2.24, 2.45) is 11.7 Å². The van der Waals surface area contributed by atoms with Gasteiger partial charge in [-0.1, -0.05) is 25.0 Å². The van der Waals surface area contributed by atoms with E-state index >= 15 is 0 Å². The number of rotatable bonds is 5. The van der Waals surface area contributed by atoms with Crippen molar-refractivity contribution in [3.05, 3.63) is 35.9 Å². The number of sulfonamides is 1. The second-order valence-electron chi connectivity index (χ2n) is 7.18. The molecule has 1 aliphatic heterocycles. The van der Waals surface area contributed by atoms with E-state index in [9.17, 15) is 13.2 Å². The van der Waals surface area contributed by atoms with Gasteiger partial charge < -0.3 is 10.6 Å². The summed E-state index contributed by atoms with van der Waals surface area (Å²) in [6.45, 7) is 0.284. The summed E-state index contributed by atoms with van der Waals surface area (Å²) in [7, 11) is -2.03. The van der Waals surface area contributed by atoms with Crippen molar-refractivity contribution in [3.8, 4) is 0 Å². The van der Waals surface area contributed by atoms with Crippen molar-refractivity contribution in [3.63, 3.8) is 0 Å². The van der Waals surface area contributed by atoms with Crippen molar-refractivity contribution >= 4 is 44.8 Å². The summed E-state index contributed by atoms with van der Waals surface area (Å²) in [5.41, 5.74) is 7.15. The zero-order valence-electron chi connectivity index (χ0n) is 15.1. The van der Waals surface area contributed by atoms with E-state index in [0.717, 1.165) is 31.4 Å². The molecule has 2 aliphatic rings. The van der Waals surface area contributed by atoms with Crippen LogP contribution in [0.2, 0.25) is 0 Å². The third kappa shape index (κ3) is 3.23. The minimum Gasteiger partial charge on any atom is -0.329 e. The molecule has 3 N–H and O–H groups in total. The lowest BCUT2D eigenvalue weighted by molar-refractivity contribution is 0.0999. The Morgan fingerprint density at radius 3 is 2.59 bits per heavy atom. The maximum atomic E-state index is 13.1. The van der Waals surface area contributed by atoms with E-state index in [1.54, 1.807) is 42.3 Å². The van der Waals surface area contributed by atoms with E-state index in [4.69, 9.17) is 5.73 Å². The molecular formula is C19H24ClN3O3S. The number of anilines is 1. The number of carbonyl (C=O) groups excluding carboxylic acids is 1. The second-order valence-corrected chi connectivity index (χ2v) is 8.87. The van der Waals surface area contributed by atoms with E-state index in [0.29, 0.717) is 22.3 Å². The lowest BCUT2D eigenvalue weighted by atomic mass is 9.99. The Labute approximate surface area is 165 Å². The summed E-state index contributed by atoms with van der Waals surface area (Å²) in [5.74, 6) is 0.179. The molecule has 0 bridgehead atoms. The van der Waals surface area contributed by atoms with Crippen molar-refractivity contribution in [2.45, 2.75) is 36.6 Å². The highest BCUT2D eigenvalue weighted by molar-refractivity contribution is 7.89. The van der Waals surface area contributed by atoms with Crippen LogP contribution in [-0.4, -0.2) is 34.0 Å². The van der Waals surface area contributed by atoms with Crippen LogP contribution >= 0.6 is 12.4 Å². The van der Waals surface area contributed by atoms with Crippen LogP contribution in [0.5, 0.6) is 0 Å². The number of nitrogens with zero attached hydrogens (tertiary/aromatic N) is 1. The first kappa shape index (κ1) is 20.1. The monoisotopic (exact) mass is 409 g/mol. The maximum absolute atomic E-state index is 13.1. The maximum Gasteiger partial charge on any atom is 0.258 e. The largest absolute Gasteiger partial charge is 0.329 e. The normalized spacial score (nSPS) is 18.1. The standard InChI is InChI=1S/C19H23N3O3S.ClH/c1-22-16-9-10-17(13-7-4-8-14(18(13)16)19(22)23)26(24,25)21-15(11-20)12-5-2-3-6-12;/h4,7-10,12,15,21H,2-3,5-6,11,20H2,1H3;1H. The first-order valence-corrected chi connectivity index (χ1v) is 10.5. The fraction of sp³-hybridized carbons (Fsp3) is 0.421. The Bertz CT molecular complexity index is 987. The Morgan fingerprint density at radius 1 is 1.22 bits per heavy atom. The first-order chi connectivity index (χ1) is 12.4. The van der Waals surface area contributed by atoms with Gasteiger partial charge in [-0.2, -0.15) is 0 Å². The lowest BCUT2D eigenvalue weighted by Gasteiger charge is -2.23. The summed E-state index contributed by atoms with van der Waals surface area (Å²) in [4.78, 5) is 14.1. The Morgan fingerprint density at radius 2 is 1.93 bits per heavy atom. The number of benzene rings is 2. The molecular weight excluding hydrogens is 386 g/mol. The molecule has 4 rings (SSSR count). The van der Waals surface area contributed by atoms with Crippen molar-refractivity contribution in [2.75, 3.05) is 18.5 Å². The Balaban J connectivity index is 0.00000210. The van der Waals surface area contributed by atoms with E-state index < -0.39 is 10.0 Å². The summed E-state index contributed by atoms with van der Waals surface area (Å²) in [6.07, 6.45) is 4.26. The SMILES string of the molecule is CN1C(=O)c2cccc3c(S(=O)(=O)NC(CN)C4CCCC4)ccc1c23.Cl. The quantitative estimate of drug-likeness (QED) is 0.793. The smallest absolute Gasteiger partial charge is 0.258 e. The number of nitrogens with one attached hydrogen (secondary N) is 1. The van der Waals surface area contributed by atoms with Crippen molar-refractivity contribution in [1.29, 1.82) is 0 Å². The molecule has 146 valence electrons. The molecule has 2 aromatic rings. The molecule has 6 nitrogen and oxygen atoms in total. The number of halogens is 1. The number of hydrogen-bond acceptors (Lipinski definition) is 4. The van der Waals surface area contributed by atoms with Gasteiger partial charge in [0.05, 0.1) is 10.6 Å². The molecule has 1 unspecified atom stereocenters. The molecule has 1 saturated carbocycles. The highest BCUT2D eigenvalue weighted by Crippen LogP contribution is 2.39. The Hall–Kier alpha value is -1.67. The second kappa shape index (κ2) is 7.39. The number of carbonyl (C=O) groups is 1. The highest BCUT2D eigenvalue weighted by Gasteiger charge is 2.32. The average molecular weight is 410 g/mol. The van der Waals surface area contributed by atoms with Crippen LogP contribution in [0.25, 0.3) is 10.8 Å². The van der Waals surface area contributed by atoms with Gasteiger partial charge in [-0.05, 0) is 37.0 Å². The summed E-state index contributed by atoms with van der Waals surface area (Å²) in [5, 5.41) is 1.28. The summed E-state index contributed by atoms with van der Waals surface area (Å²) in [6, 6.07) is 8.27. The van der Waals surface area contributed by atoms with Crippen LogP contribution in [0, 0.1) is 5.92 Å². The van der Waals surface area contributed by atoms with Crippen LogP contribution in [-0.2, 0) is 10.0 Å². The third-order valence-corrected chi connectivity index (χ3v) is 7.24. The molecule has 8 heteroatoms. The number of amides is 1. The van der Waals surface area contributed by atoms with E-state index in [2.05, 4.69) is 4.72 Å². The predicted octanol–water partition coefficient (Wildman–Crippen LogP) is 2.65. The van der Waals surface area contributed by atoms with Crippen LogP contribution in [0.3, 0.4) is 0 Å². The van der Waals surface area contributed by atoms with Gasteiger partial charge in [-0.25, -0.2) is 13.1 Å². The molecule has 27 heavy (non-hydrogen) atoms. The highest BCUT2D eigenvalue weighted by atomic mass is 35.5. The summed E-state index contributed by atoms with van der Waals surface area (Å²) < 4.78 is 29.0. The van der Waals surface area contributed by atoms with Gasteiger partial charge in [0.1, 0.15) is 0 Å². The van der Waals surface area contributed by atoms with Gasteiger partial charge in [0.15, 0.2) is 0 Å². The van der Waals surface area contributed by atoms with Gasteiger partial charge in [-0.15, -0.1) is 12.4 Å². The lowest BCUT2D eigenvalue weighted by Crippen LogP contribution is -2.44. The van der Waals surface area contributed by atoms with E-state index in [1.807, 2.05) is 0 Å². The minimum atomic E-state index is -3.74. The van der Waals surface area contributed by atoms with Gasteiger partial charge in [0.2, 0.25) is 10.0 Å². The fourth-order valence-electron chi connectivity index (χ4n) is 4.30. The molecule has 1 fully saturated rings. The van der Waals surface area contributed by atoms with Crippen LogP contribution in [0.15, 0.2) is 35.2 Å². The van der Waals surface area contributed by atoms with E-state index in [1.165, 1.54) is 0 Å². The van der Waals surface area contributed by atoms with Gasteiger partial charge in [0.25, 0.3) is 5.91 Å². The minimum absolute atomic E-state index is 0. The molecule has 0 saturated heterocycles. The van der Waals surface area contributed by atoms with Gasteiger partial charge in [-0.3, -0.25) is 4.79 Å². The zero-order chi connectivity index (χ0) is 18.5. The van der Waals surface area contributed by atoms with E-state index in [-0.39, 0.29) is 35.8 Å².